The number of rotatable bonds is 2. The molecule has 26 heavy (non-hydrogen) atoms. The summed E-state index contributed by atoms with van der Waals surface area (Å²) in [6, 6.07) is 6.33. The van der Waals surface area contributed by atoms with E-state index in [4.69, 9.17) is 46.4 Å². The van der Waals surface area contributed by atoms with Gasteiger partial charge in [-0.15, -0.1) is 0 Å². The monoisotopic (exact) mass is 428 g/mol. The normalized spacial score (nSPS) is 23.3. The number of nitro groups is 1. The van der Waals surface area contributed by atoms with Gasteiger partial charge in [0.1, 0.15) is 5.02 Å². The number of nitrogens with zero attached hydrogens (tertiary/aromatic N) is 1. The highest BCUT2D eigenvalue weighted by Crippen LogP contribution is 2.55. The fourth-order valence-electron chi connectivity index (χ4n) is 3.86. The van der Waals surface area contributed by atoms with Crippen molar-refractivity contribution in [3.8, 4) is 0 Å². The van der Waals surface area contributed by atoms with Gasteiger partial charge in [0.25, 0.3) is 5.69 Å². The van der Waals surface area contributed by atoms with E-state index in [1.165, 1.54) is 6.07 Å². The first-order chi connectivity index (χ1) is 12.4. The highest BCUT2D eigenvalue weighted by Gasteiger charge is 2.41. The SMILES string of the molecule is O=[N+]([O-])c1cc([C@@H]2Nc3c(Cl)cc(Cl)c(Cl)c3[C@H]3C=CC[C@@H]32)ccc1Cl. The van der Waals surface area contributed by atoms with Crippen molar-refractivity contribution in [3.05, 3.63) is 77.7 Å². The van der Waals surface area contributed by atoms with Gasteiger partial charge in [0.15, 0.2) is 0 Å². The number of allylic oxidation sites excluding steroid dienone is 2. The van der Waals surface area contributed by atoms with E-state index in [1.54, 1.807) is 18.2 Å². The molecular formula is C18H12Cl4N2O2. The summed E-state index contributed by atoms with van der Waals surface area (Å²) < 4.78 is 0. The molecule has 0 unspecified atom stereocenters. The van der Waals surface area contributed by atoms with Gasteiger partial charge in [-0.25, -0.2) is 0 Å². The first-order valence-electron chi connectivity index (χ1n) is 7.93. The number of hydrogen-bond donors (Lipinski definition) is 1. The number of nitro benzene ring substituents is 1. The van der Waals surface area contributed by atoms with Gasteiger partial charge < -0.3 is 5.32 Å². The van der Waals surface area contributed by atoms with Crippen molar-refractivity contribution >= 4 is 57.8 Å². The van der Waals surface area contributed by atoms with Crippen LogP contribution in [-0.4, -0.2) is 4.92 Å². The Balaban J connectivity index is 1.85. The third-order valence-electron chi connectivity index (χ3n) is 5.01. The molecule has 0 spiro atoms. The molecule has 0 saturated heterocycles. The highest BCUT2D eigenvalue weighted by atomic mass is 35.5. The third-order valence-corrected chi connectivity index (χ3v) is 6.43. The average Bonchev–Trinajstić information content (AvgIpc) is 3.08. The summed E-state index contributed by atoms with van der Waals surface area (Å²) in [7, 11) is 0. The molecule has 4 rings (SSSR count). The van der Waals surface area contributed by atoms with Gasteiger partial charge in [0, 0.05) is 17.5 Å². The van der Waals surface area contributed by atoms with Gasteiger partial charge in [-0.2, -0.15) is 0 Å². The van der Waals surface area contributed by atoms with E-state index in [0.29, 0.717) is 15.1 Å². The standard InChI is InChI=1S/C18H12Cl4N2O2/c19-11-5-4-8(6-14(11)24(25)26)17-10-3-1-2-9(10)15-16(22)12(20)7-13(21)18(15)23-17/h1-2,4-7,9-10,17,23H,3H2/t9-,10-,17-/m0/s1. The Morgan fingerprint density at radius 3 is 2.58 bits per heavy atom. The molecule has 0 aromatic heterocycles. The molecule has 0 fully saturated rings. The summed E-state index contributed by atoms with van der Waals surface area (Å²) >= 11 is 25.0. The lowest BCUT2D eigenvalue weighted by Gasteiger charge is -2.38. The van der Waals surface area contributed by atoms with Crippen molar-refractivity contribution in [2.75, 3.05) is 5.32 Å². The van der Waals surface area contributed by atoms with E-state index in [9.17, 15) is 10.1 Å². The molecular weight excluding hydrogens is 418 g/mol. The Labute approximate surface area is 169 Å². The molecule has 1 aliphatic carbocycles. The molecule has 2 aromatic carbocycles. The first kappa shape index (κ1) is 17.9. The number of benzene rings is 2. The molecule has 0 bridgehead atoms. The second-order valence-corrected chi connectivity index (χ2v) is 7.99. The molecule has 0 saturated carbocycles. The number of halogens is 4. The first-order valence-corrected chi connectivity index (χ1v) is 9.44. The molecule has 2 aliphatic rings. The summed E-state index contributed by atoms with van der Waals surface area (Å²) in [5.41, 5.74) is 2.27. The molecule has 134 valence electrons. The number of hydrogen-bond acceptors (Lipinski definition) is 3. The second-order valence-electron chi connectivity index (χ2n) is 6.39. The fraction of sp³-hybridized carbons (Fsp3) is 0.222. The number of nitrogens with one attached hydrogen (secondary N) is 1. The molecule has 1 N–H and O–H groups in total. The van der Waals surface area contributed by atoms with Crippen LogP contribution in [0.25, 0.3) is 0 Å². The average molecular weight is 430 g/mol. The Morgan fingerprint density at radius 1 is 1.08 bits per heavy atom. The van der Waals surface area contributed by atoms with E-state index < -0.39 is 4.92 Å². The molecule has 1 aliphatic heterocycles. The largest absolute Gasteiger partial charge is 0.376 e. The van der Waals surface area contributed by atoms with Crippen molar-refractivity contribution in [3.63, 3.8) is 0 Å². The molecule has 4 nitrogen and oxygen atoms in total. The van der Waals surface area contributed by atoms with Crippen LogP contribution in [0.4, 0.5) is 11.4 Å². The predicted octanol–water partition coefficient (Wildman–Crippen LogP) is 7.03. The molecule has 3 atom stereocenters. The van der Waals surface area contributed by atoms with Crippen LogP contribution in [0.3, 0.4) is 0 Å². The maximum absolute atomic E-state index is 11.3. The quantitative estimate of drug-likeness (QED) is 0.241. The third kappa shape index (κ3) is 2.76. The van der Waals surface area contributed by atoms with Gasteiger partial charge in [-0.3, -0.25) is 10.1 Å². The van der Waals surface area contributed by atoms with Crippen LogP contribution in [-0.2, 0) is 0 Å². The smallest absolute Gasteiger partial charge is 0.288 e. The molecule has 8 heteroatoms. The summed E-state index contributed by atoms with van der Waals surface area (Å²) in [4.78, 5) is 10.8. The van der Waals surface area contributed by atoms with Gasteiger partial charge in [-0.1, -0.05) is 64.6 Å². The lowest BCUT2D eigenvalue weighted by molar-refractivity contribution is -0.384. The topological polar surface area (TPSA) is 55.2 Å². The zero-order chi connectivity index (χ0) is 18.6. The minimum atomic E-state index is -0.476. The highest BCUT2D eigenvalue weighted by molar-refractivity contribution is 6.44. The second kappa shape index (κ2) is 6.61. The summed E-state index contributed by atoms with van der Waals surface area (Å²) in [6.07, 6.45) is 5.01. The molecule has 0 amide bonds. The molecule has 2 aromatic rings. The lowest BCUT2D eigenvalue weighted by Crippen LogP contribution is -2.29. The minimum Gasteiger partial charge on any atom is -0.376 e. The van der Waals surface area contributed by atoms with Crippen LogP contribution in [0.1, 0.15) is 29.5 Å². The van der Waals surface area contributed by atoms with Crippen LogP contribution in [0.2, 0.25) is 20.1 Å². The van der Waals surface area contributed by atoms with Gasteiger partial charge in [0.2, 0.25) is 0 Å². The van der Waals surface area contributed by atoms with Crippen LogP contribution in [0, 0.1) is 16.0 Å². The van der Waals surface area contributed by atoms with E-state index in [2.05, 4.69) is 17.5 Å². The fourth-order valence-corrected chi connectivity index (χ4v) is 4.85. The van der Waals surface area contributed by atoms with Crippen molar-refractivity contribution < 1.29 is 4.92 Å². The van der Waals surface area contributed by atoms with Crippen LogP contribution in [0.15, 0.2) is 36.4 Å². The minimum absolute atomic E-state index is 0.0367. The van der Waals surface area contributed by atoms with Crippen LogP contribution < -0.4 is 5.32 Å². The number of anilines is 1. The van der Waals surface area contributed by atoms with Crippen molar-refractivity contribution in [1.29, 1.82) is 0 Å². The summed E-state index contributed by atoms with van der Waals surface area (Å²) in [6.45, 7) is 0. The Hall–Kier alpha value is -1.46. The Morgan fingerprint density at radius 2 is 1.85 bits per heavy atom. The Bertz CT molecular complexity index is 961. The maximum Gasteiger partial charge on any atom is 0.288 e. The summed E-state index contributed by atoms with van der Waals surface area (Å²) in [5.74, 6) is 0.185. The Kier molecular flexibility index (Phi) is 4.56. The van der Waals surface area contributed by atoms with Crippen molar-refractivity contribution in [2.24, 2.45) is 5.92 Å². The maximum atomic E-state index is 11.3. The zero-order valence-electron chi connectivity index (χ0n) is 13.2. The van der Waals surface area contributed by atoms with Crippen LogP contribution in [0.5, 0.6) is 0 Å². The van der Waals surface area contributed by atoms with E-state index >= 15 is 0 Å². The number of fused-ring (bicyclic) bond motifs is 3. The summed E-state index contributed by atoms with van der Waals surface area (Å²) in [5, 5.41) is 16.2. The zero-order valence-corrected chi connectivity index (χ0v) is 16.2. The van der Waals surface area contributed by atoms with Gasteiger partial charge in [0.05, 0.1) is 31.7 Å². The van der Waals surface area contributed by atoms with E-state index in [-0.39, 0.29) is 28.6 Å². The molecule has 1 heterocycles. The van der Waals surface area contributed by atoms with E-state index in [0.717, 1.165) is 23.2 Å². The van der Waals surface area contributed by atoms with E-state index in [1.807, 2.05) is 0 Å². The van der Waals surface area contributed by atoms with Gasteiger partial charge >= 0.3 is 0 Å². The van der Waals surface area contributed by atoms with Crippen molar-refractivity contribution in [2.45, 2.75) is 18.4 Å². The van der Waals surface area contributed by atoms with Crippen LogP contribution >= 0.6 is 46.4 Å². The predicted molar refractivity (Wildman–Crippen MR) is 106 cm³/mol. The lowest BCUT2D eigenvalue weighted by atomic mass is 9.77. The molecule has 0 radical (unpaired) electrons. The van der Waals surface area contributed by atoms with Gasteiger partial charge in [-0.05, 0) is 30.0 Å². The van der Waals surface area contributed by atoms with Crippen molar-refractivity contribution in [1.82, 2.24) is 0 Å².